The van der Waals surface area contributed by atoms with E-state index in [-0.39, 0.29) is 18.4 Å². The van der Waals surface area contributed by atoms with Crippen molar-refractivity contribution in [2.45, 2.75) is 32.6 Å². The fraction of sp³-hybridized carbons (Fsp3) is 0.471. The van der Waals surface area contributed by atoms with E-state index in [1.54, 1.807) is 27.6 Å². The van der Waals surface area contributed by atoms with Gasteiger partial charge in [0.25, 0.3) is 0 Å². The fourth-order valence-electron chi connectivity index (χ4n) is 2.71. The second kappa shape index (κ2) is 7.90. The predicted octanol–water partition coefficient (Wildman–Crippen LogP) is 2.85. The molecule has 1 aliphatic rings. The number of carbonyl (C=O) groups excluding carboxylic acids is 2. The normalized spacial score (nSPS) is 14.9. The molecule has 0 aliphatic carbocycles. The molecule has 0 saturated carbocycles. The summed E-state index contributed by atoms with van der Waals surface area (Å²) in [5.41, 5.74) is 1.03. The van der Waals surface area contributed by atoms with Gasteiger partial charge in [-0.2, -0.15) is 0 Å². The van der Waals surface area contributed by atoms with Gasteiger partial charge in [-0.05, 0) is 38.3 Å². The summed E-state index contributed by atoms with van der Waals surface area (Å²) in [6.07, 6.45) is 3.30. The Morgan fingerprint density at radius 1 is 1.38 bits per heavy atom. The molecule has 0 aromatic carbocycles. The Morgan fingerprint density at radius 2 is 2.25 bits per heavy atom. The van der Waals surface area contributed by atoms with Gasteiger partial charge in [0.15, 0.2) is 0 Å². The molecule has 3 heterocycles. The molecule has 5 nitrogen and oxygen atoms in total. The zero-order valence-corrected chi connectivity index (χ0v) is 15.3. The lowest BCUT2D eigenvalue weighted by Crippen LogP contribution is -2.43. The minimum atomic E-state index is -0.0721. The number of rotatable bonds is 6. The van der Waals surface area contributed by atoms with Gasteiger partial charge in [0.2, 0.25) is 11.8 Å². The molecule has 3 rings (SSSR count). The highest BCUT2D eigenvalue weighted by atomic mass is 32.1. The van der Waals surface area contributed by atoms with E-state index < -0.39 is 0 Å². The number of carbonyl (C=O) groups is 2. The monoisotopic (exact) mass is 363 g/mol. The van der Waals surface area contributed by atoms with E-state index >= 15 is 0 Å². The van der Waals surface area contributed by atoms with Crippen molar-refractivity contribution in [2.24, 2.45) is 0 Å². The summed E-state index contributed by atoms with van der Waals surface area (Å²) >= 11 is 3.37. The summed E-state index contributed by atoms with van der Waals surface area (Å²) in [6, 6.07) is 4.18. The van der Waals surface area contributed by atoms with Crippen molar-refractivity contribution in [3.8, 4) is 10.6 Å². The van der Waals surface area contributed by atoms with Crippen LogP contribution in [0.3, 0.4) is 0 Å². The van der Waals surface area contributed by atoms with E-state index in [1.165, 1.54) is 9.75 Å². The molecule has 128 valence electrons. The Balaban J connectivity index is 1.44. The molecule has 0 atom stereocenters. The lowest BCUT2D eigenvalue weighted by Gasteiger charge is -2.25. The number of aromatic nitrogens is 1. The van der Waals surface area contributed by atoms with Gasteiger partial charge in [0.05, 0.1) is 22.1 Å². The first-order valence-corrected chi connectivity index (χ1v) is 9.87. The van der Waals surface area contributed by atoms with E-state index in [4.69, 9.17) is 0 Å². The van der Waals surface area contributed by atoms with Crippen LogP contribution in [0.25, 0.3) is 10.6 Å². The summed E-state index contributed by atoms with van der Waals surface area (Å²) in [6.45, 7) is 3.49. The van der Waals surface area contributed by atoms with E-state index in [0.29, 0.717) is 19.5 Å². The fourth-order valence-corrected chi connectivity index (χ4v) is 4.37. The second-order valence-corrected chi connectivity index (χ2v) is 8.12. The molecule has 0 bridgehead atoms. The topological polar surface area (TPSA) is 62.3 Å². The van der Waals surface area contributed by atoms with Gasteiger partial charge in [-0.25, -0.2) is 4.98 Å². The highest BCUT2D eigenvalue weighted by molar-refractivity contribution is 7.16. The molecule has 0 spiro atoms. The van der Waals surface area contributed by atoms with Gasteiger partial charge in [-0.3, -0.25) is 9.59 Å². The van der Waals surface area contributed by atoms with Crippen LogP contribution in [-0.2, 0) is 16.0 Å². The van der Waals surface area contributed by atoms with Gasteiger partial charge in [-0.15, -0.1) is 22.7 Å². The van der Waals surface area contributed by atoms with Crippen LogP contribution in [0.2, 0.25) is 0 Å². The van der Waals surface area contributed by atoms with E-state index in [9.17, 15) is 9.59 Å². The number of thiophene rings is 1. The average molecular weight is 364 g/mol. The molecule has 0 unspecified atom stereocenters. The minimum Gasteiger partial charge on any atom is -0.354 e. The van der Waals surface area contributed by atoms with Gasteiger partial charge >= 0.3 is 0 Å². The van der Waals surface area contributed by atoms with Gasteiger partial charge in [-0.1, -0.05) is 0 Å². The van der Waals surface area contributed by atoms with Gasteiger partial charge in [0, 0.05) is 29.8 Å². The molecule has 24 heavy (non-hydrogen) atoms. The third kappa shape index (κ3) is 4.42. The lowest BCUT2D eigenvalue weighted by atomic mass is 10.1. The highest BCUT2D eigenvalue weighted by Crippen LogP contribution is 2.29. The molecule has 2 aromatic heterocycles. The Bertz CT molecular complexity index is 723. The standard InChI is InChI=1S/C17H21N3O2S2/c1-12-19-14(11-23-12)15-6-5-13(24-15)7-8-18-16(21)10-20-9-3-2-4-17(20)22/h5-6,11H,2-4,7-10H2,1H3,(H,18,21). The number of thiazole rings is 1. The number of hydrogen-bond acceptors (Lipinski definition) is 5. The summed E-state index contributed by atoms with van der Waals surface area (Å²) in [7, 11) is 0. The smallest absolute Gasteiger partial charge is 0.239 e. The van der Waals surface area contributed by atoms with E-state index in [2.05, 4.69) is 27.8 Å². The van der Waals surface area contributed by atoms with Crippen LogP contribution in [0.4, 0.5) is 0 Å². The molecule has 1 N–H and O–H groups in total. The number of aryl methyl sites for hydroxylation is 1. The van der Waals surface area contributed by atoms with E-state index in [1.807, 2.05) is 6.92 Å². The number of amides is 2. The number of piperidine rings is 1. The average Bonchev–Trinajstić information content (AvgIpc) is 3.18. The summed E-state index contributed by atoms with van der Waals surface area (Å²) in [4.78, 5) is 32.2. The largest absolute Gasteiger partial charge is 0.354 e. The Labute approximate surface area is 149 Å². The first-order chi connectivity index (χ1) is 11.6. The molecular formula is C17H21N3O2S2. The molecule has 1 fully saturated rings. The third-order valence-corrected chi connectivity index (χ3v) is 5.92. The van der Waals surface area contributed by atoms with Crippen molar-refractivity contribution in [2.75, 3.05) is 19.6 Å². The van der Waals surface area contributed by atoms with Crippen molar-refractivity contribution < 1.29 is 9.59 Å². The molecule has 7 heteroatoms. The summed E-state index contributed by atoms with van der Waals surface area (Å²) in [5.74, 6) is 0.0232. The SMILES string of the molecule is Cc1nc(-c2ccc(CCNC(=O)CN3CCCCC3=O)s2)cs1. The van der Waals surface area contributed by atoms with E-state index in [0.717, 1.165) is 30.0 Å². The lowest BCUT2D eigenvalue weighted by molar-refractivity contribution is -0.137. The highest BCUT2D eigenvalue weighted by Gasteiger charge is 2.20. The van der Waals surface area contributed by atoms with Crippen LogP contribution in [0.1, 0.15) is 29.1 Å². The predicted molar refractivity (Wildman–Crippen MR) is 97.3 cm³/mol. The van der Waals surface area contributed by atoms with Crippen LogP contribution in [0.5, 0.6) is 0 Å². The number of likely N-dealkylation sites (tertiary alicyclic amines) is 1. The molecule has 0 radical (unpaired) electrons. The quantitative estimate of drug-likeness (QED) is 0.858. The van der Waals surface area contributed by atoms with Crippen LogP contribution in [0, 0.1) is 6.92 Å². The third-order valence-electron chi connectivity index (χ3n) is 3.98. The Morgan fingerprint density at radius 3 is 3.00 bits per heavy atom. The molecule has 2 aromatic rings. The molecular weight excluding hydrogens is 342 g/mol. The maximum absolute atomic E-state index is 12.0. The minimum absolute atomic E-state index is 0.0721. The zero-order chi connectivity index (χ0) is 16.9. The summed E-state index contributed by atoms with van der Waals surface area (Å²) < 4.78 is 0. The van der Waals surface area contributed by atoms with Crippen LogP contribution in [0.15, 0.2) is 17.5 Å². The first-order valence-electron chi connectivity index (χ1n) is 8.17. The van der Waals surface area contributed by atoms with Crippen LogP contribution < -0.4 is 5.32 Å². The van der Waals surface area contributed by atoms with Crippen molar-refractivity contribution in [1.82, 2.24) is 15.2 Å². The Hall–Kier alpha value is -1.73. The van der Waals surface area contributed by atoms with Crippen LogP contribution >= 0.6 is 22.7 Å². The maximum atomic E-state index is 12.0. The van der Waals surface area contributed by atoms with Crippen LogP contribution in [-0.4, -0.2) is 41.3 Å². The van der Waals surface area contributed by atoms with Crippen molar-refractivity contribution in [3.63, 3.8) is 0 Å². The van der Waals surface area contributed by atoms with Crippen molar-refractivity contribution in [3.05, 3.63) is 27.4 Å². The zero-order valence-electron chi connectivity index (χ0n) is 13.7. The van der Waals surface area contributed by atoms with Crippen molar-refractivity contribution in [1.29, 1.82) is 0 Å². The van der Waals surface area contributed by atoms with Gasteiger partial charge < -0.3 is 10.2 Å². The Kier molecular flexibility index (Phi) is 5.63. The second-order valence-electron chi connectivity index (χ2n) is 5.89. The number of nitrogens with one attached hydrogen (secondary N) is 1. The molecule has 1 aliphatic heterocycles. The molecule has 1 saturated heterocycles. The maximum Gasteiger partial charge on any atom is 0.239 e. The van der Waals surface area contributed by atoms with Crippen molar-refractivity contribution >= 4 is 34.5 Å². The number of nitrogens with zero attached hydrogens (tertiary/aromatic N) is 2. The van der Waals surface area contributed by atoms with Gasteiger partial charge in [0.1, 0.15) is 0 Å². The molecule has 2 amide bonds. The number of hydrogen-bond donors (Lipinski definition) is 1. The summed E-state index contributed by atoms with van der Waals surface area (Å²) in [5, 5.41) is 6.05. The first kappa shape index (κ1) is 17.1.